The van der Waals surface area contributed by atoms with E-state index in [0.29, 0.717) is 37.2 Å². The summed E-state index contributed by atoms with van der Waals surface area (Å²) in [6, 6.07) is 7.14. The largest absolute Gasteiger partial charge is 0.378 e. The van der Waals surface area contributed by atoms with Crippen LogP contribution >= 0.6 is 35.3 Å². The molecule has 1 aliphatic rings. The van der Waals surface area contributed by atoms with E-state index in [9.17, 15) is 4.79 Å². The van der Waals surface area contributed by atoms with E-state index in [2.05, 4.69) is 29.4 Å². The molecule has 1 atom stereocenters. The first-order chi connectivity index (χ1) is 15.9. The maximum atomic E-state index is 12.8. The molecule has 0 radical (unpaired) electrons. The van der Waals surface area contributed by atoms with Crippen molar-refractivity contribution in [2.24, 2.45) is 10.7 Å². The van der Waals surface area contributed by atoms with Crippen LogP contribution in [0.2, 0.25) is 5.02 Å². The smallest absolute Gasteiger partial charge is 0.222 e. The molecule has 8 nitrogen and oxygen atoms in total. The number of thiophene rings is 1. The number of hydrogen-bond acceptors (Lipinski definition) is 7. The van der Waals surface area contributed by atoms with Gasteiger partial charge in [-0.15, -0.1) is 33.9 Å². The standard InChI is InChI=1S/C23H27ClN6O2S.ClH/c1-13-14(2)33-23-20(13)21(16-4-6-17(24)7-5-16)27-18(22-29-28-15(3)30(22)23)12-19(31)26-9-11-32-10-8-25;/h4-7,18H,8-12,25H2,1-3H3,(H,26,31);1H/t18-;/m0./s1. The summed E-state index contributed by atoms with van der Waals surface area (Å²) >= 11 is 7.83. The van der Waals surface area contributed by atoms with Gasteiger partial charge in [-0.2, -0.15) is 0 Å². The molecule has 0 saturated heterocycles. The van der Waals surface area contributed by atoms with Crippen LogP contribution < -0.4 is 11.1 Å². The van der Waals surface area contributed by atoms with Gasteiger partial charge in [0.05, 0.1) is 25.3 Å². The molecule has 11 heteroatoms. The molecular weight excluding hydrogens is 495 g/mol. The Morgan fingerprint density at radius 2 is 1.94 bits per heavy atom. The lowest BCUT2D eigenvalue weighted by Gasteiger charge is -2.13. The average Bonchev–Trinajstić information content (AvgIpc) is 3.26. The third-order valence-corrected chi connectivity index (χ3v) is 7.01. The number of rotatable bonds is 8. The molecule has 0 fully saturated rings. The van der Waals surface area contributed by atoms with Crippen molar-refractivity contribution >= 4 is 47.0 Å². The van der Waals surface area contributed by atoms with Gasteiger partial charge in [0.1, 0.15) is 16.9 Å². The number of carbonyl (C=O) groups excluding carboxylic acids is 1. The second-order valence-corrected chi connectivity index (χ2v) is 9.50. The Hall–Kier alpha value is -2.30. The summed E-state index contributed by atoms with van der Waals surface area (Å²) in [7, 11) is 0. The second-order valence-electron chi connectivity index (χ2n) is 7.86. The fourth-order valence-corrected chi connectivity index (χ4v) is 5.17. The van der Waals surface area contributed by atoms with Gasteiger partial charge in [-0.3, -0.25) is 14.4 Å². The van der Waals surface area contributed by atoms with Crippen molar-refractivity contribution < 1.29 is 9.53 Å². The topological polar surface area (TPSA) is 107 Å². The highest BCUT2D eigenvalue weighted by atomic mass is 35.5. The molecule has 1 aromatic carbocycles. The van der Waals surface area contributed by atoms with E-state index < -0.39 is 6.04 Å². The number of fused-ring (bicyclic) bond motifs is 3. The van der Waals surface area contributed by atoms with E-state index in [-0.39, 0.29) is 24.7 Å². The zero-order chi connectivity index (χ0) is 23.5. The van der Waals surface area contributed by atoms with Crippen molar-refractivity contribution in [3.05, 3.63) is 62.5 Å². The van der Waals surface area contributed by atoms with Gasteiger partial charge in [-0.05, 0) is 38.5 Å². The number of nitrogens with one attached hydrogen (secondary N) is 1. The molecule has 3 aromatic rings. The molecule has 3 N–H and O–H groups in total. The van der Waals surface area contributed by atoms with Crippen LogP contribution in [-0.2, 0) is 9.53 Å². The average molecular weight is 523 g/mol. The maximum absolute atomic E-state index is 12.8. The van der Waals surface area contributed by atoms with Crippen molar-refractivity contribution in [2.45, 2.75) is 33.2 Å². The van der Waals surface area contributed by atoms with E-state index in [1.165, 1.54) is 4.88 Å². The van der Waals surface area contributed by atoms with E-state index >= 15 is 0 Å². The minimum Gasteiger partial charge on any atom is -0.378 e. The maximum Gasteiger partial charge on any atom is 0.222 e. The lowest BCUT2D eigenvalue weighted by atomic mass is 9.99. The number of halogens is 2. The Kier molecular flexibility index (Phi) is 8.83. The Bertz CT molecular complexity index is 1190. The molecule has 0 bridgehead atoms. The first-order valence-electron chi connectivity index (χ1n) is 10.8. The number of amides is 1. The Balaban J connectivity index is 0.00000324. The quantitative estimate of drug-likeness (QED) is 0.438. The minimum absolute atomic E-state index is 0. The SMILES string of the molecule is Cc1sc2c(c1C)C(c1ccc(Cl)cc1)=N[C@@H](CC(=O)NCCOCCN)c1nnc(C)n1-2.Cl. The fourth-order valence-electron chi connectivity index (χ4n) is 3.83. The second kappa shape index (κ2) is 11.4. The van der Waals surface area contributed by atoms with E-state index in [0.717, 1.165) is 33.2 Å². The Morgan fingerprint density at radius 3 is 2.65 bits per heavy atom. The number of aromatic nitrogens is 3. The highest BCUT2D eigenvalue weighted by Gasteiger charge is 2.32. The van der Waals surface area contributed by atoms with Gasteiger partial charge in [0.15, 0.2) is 5.82 Å². The minimum atomic E-state index is -0.485. The van der Waals surface area contributed by atoms with E-state index in [1.54, 1.807) is 11.3 Å². The van der Waals surface area contributed by atoms with E-state index in [4.69, 9.17) is 27.1 Å². The molecule has 3 heterocycles. The molecule has 0 saturated carbocycles. The van der Waals surface area contributed by atoms with Gasteiger partial charge >= 0.3 is 0 Å². The number of nitrogens with zero attached hydrogens (tertiary/aromatic N) is 4. The van der Waals surface area contributed by atoms with Gasteiger partial charge in [0.2, 0.25) is 5.91 Å². The normalized spacial score (nSPS) is 14.5. The molecule has 182 valence electrons. The number of ether oxygens (including phenoxy) is 1. The van der Waals surface area contributed by atoms with E-state index in [1.807, 2.05) is 35.8 Å². The summed E-state index contributed by atoms with van der Waals surface area (Å²) < 4.78 is 7.38. The van der Waals surface area contributed by atoms with Gasteiger partial charge < -0.3 is 15.8 Å². The number of carbonyl (C=O) groups is 1. The van der Waals surface area contributed by atoms with Crippen molar-refractivity contribution in [1.29, 1.82) is 0 Å². The van der Waals surface area contributed by atoms with Crippen LogP contribution in [-0.4, -0.2) is 52.7 Å². The molecule has 1 aliphatic heterocycles. The van der Waals surface area contributed by atoms with Crippen LogP contribution in [0.4, 0.5) is 0 Å². The fraction of sp³-hybridized carbons (Fsp3) is 0.391. The summed E-state index contributed by atoms with van der Waals surface area (Å²) in [5.41, 5.74) is 9.40. The number of nitrogens with two attached hydrogens (primary N) is 1. The van der Waals surface area contributed by atoms with Crippen molar-refractivity contribution in [1.82, 2.24) is 20.1 Å². The highest BCUT2D eigenvalue weighted by Crippen LogP contribution is 2.39. The predicted octanol–water partition coefficient (Wildman–Crippen LogP) is 3.70. The van der Waals surface area contributed by atoms with Crippen LogP contribution in [0.1, 0.15) is 45.7 Å². The van der Waals surface area contributed by atoms with Crippen molar-refractivity contribution in [3.63, 3.8) is 0 Å². The van der Waals surface area contributed by atoms with Gasteiger partial charge in [0, 0.05) is 34.1 Å². The first kappa shape index (κ1) is 26.3. The third kappa shape index (κ3) is 5.34. The molecule has 1 amide bonds. The van der Waals surface area contributed by atoms with Crippen LogP contribution in [0.5, 0.6) is 0 Å². The number of aliphatic imine (C=N–C) groups is 1. The van der Waals surface area contributed by atoms with Gasteiger partial charge in [-0.25, -0.2) is 0 Å². The molecule has 4 rings (SSSR count). The third-order valence-electron chi connectivity index (χ3n) is 5.57. The summed E-state index contributed by atoms with van der Waals surface area (Å²) in [4.78, 5) is 19.1. The van der Waals surface area contributed by atoms with Crippen LogP contribution in [0.3, 0.4) is 0 Å². The number of hydrogen-bond donors (Lipinski definition) is 2. The molecule has 34 heavy (non-hydrogen) atoms. The molecule has 0 unspecified atom stereocenters. The van der Waals surface area contributed by atoms with Gasteiger partial charge in [-0.1, -0.05) is 23.7 Å². The van der Waals surface area contributed by atoms with Crippen molar-refractivity contribution in [3.8, 4) is 5.00 Å². The lowest BCUT2D eigenvalue weighted by Crippen LogP contribution is -2.29. The predicted molar refractivity (Wildman–Crippen MR) is 138 cm³/mol. The summed E-state index contributed by atoms with van der Waals surface area (Å²) in [6.45, 7) is 7.88. The first-order valence-corrected chi connectivity index (χ1v) is 12.0. The Morgan fingerprint density at radius 1 is 1.21 bits per heavy atom. The summed E-state index contributed by atoms with van der Waals surface area (Å²) in [5.74, 6) is 1.30. The van der Waals surface area contributed by atoms with Crippen LogP contribution in [0, 0.1) is 20.8 Å². The monoisotopic (exact) mass is 522 g/mol. The Labute approximate surface area is 214 Å². The summed E-state index contributed by atoms with van der Waals surface area (Å²) in [5, 5.41) is 13.3. The molecular formula is C23H28Cl2N6O2S. The number of benzene rings is 1. The zero-order valence-electron chi connectivity index (χ0n) is 19.3. The molecule has 2 aromatic heterocycles. The number of aryl methyl sites for hydroxylation is 2. The molecule has 0 spiro atoms. The highest BCUT2D eigenvalue weighted by molar-refractivity contribution is 7.15. The van der Waals surface area contributed by atoms with Crippen molar-refractivity contribution in [2.75, 3.05) is 26.3 Å². The van der Waals surface area contributed by atoms with Crippen LogP contribution in [0.25, 0.3) is 5.00 Å². The molecule has 0 aliphatic carbocycles. The van der Waals surface area contributed by atoms with Gasteiger partial charge in [0.25, 0.3) is 0 Å². The summed E-state index contributed by atoms with van der Waals surface area (Å²) in [6.07, 6.45) is 0.152. The van der Waals surface area contributed by atoms with Crippen LogP contribution in [0.15, 0.2) is 29.3 Å². The lowest BCUT2D eigenvalue weighted by molar-refractivity contribution is -0.121. The zero-order valence-corrected chi connectivity index (χ0v) is 21.7.